The Hall–Kier alpha value is -2.58. The van der Waals surface area contributed by atoms with Gasteiger partial charge in [-0.25, -0.2) is 4.57 Å². The number of aromatic nitrogens is 1. The third kappa shape index (κ3) is 21.5. The summed E-state index contributed by atoms with van der Waals surface area (Å²) < 4.78 is 36.7. The molecule has 0 saturated carbocycles. The predicted molar refractivity (Wildman–Crippen MR) is 260 cm³/mol. The Labute approximate surface area is 415 Å². The van der Waals surface area contributed by atoms with Crippen molar-refractivity contribution in [1.82, 2.24) is 0 Å². The molecule has 1 heterocycles. The molecule has 0 bridgehead atoms. The second-order valence-electron chi connectivity index (χ2n) is 17.5. The van der Waals surface area contributed by atoms with Crippen molar-refractivity contribution in [1.29, 1.82) is 1.12 Å². The van der Waals surface area contributed by atoms with Crippen molar-refractivity contribution in [2.24, 2.45) is 10.8 Å². The summed E-state index contributed by atoms with van der Waals surface area (Å²) in [7, 11) is 0.0871. The van der Waals surface area contributed by atoms with Crippen LogP contribution >= 0.6 is 37.0 Å². The van der Waals surface area contributed by atoms with Gasteiger partial charge in [0.15, 0.2) is 12.4 Å². The second-order valence-corrected chi connectivity index (χ2v) is 21.5. The van der Waals surface area contributed by atoms with E-state index in [1.165, 1.54) is 38.5 Å². The molecule has 0 spiro atoms. The zero-order valence-electron chi connectivity index (χ0n) is 39.9. The lowest BCUT2D eigenvalue weighted by Gasteiger charge is -2.37. The van der Waals surface area contributed by atoms with Gasteiger partial charge in [0.05, 0.1) is 50.5 Å². The highest BCUT2D eigenvalue weighted by molar-refractivity contribution is 9.10. The highest BCUT2D eigenvalue weighted by Crippen LogP contribution is 2.46. The van der Waals surface area contributed by atoms with E-state index in [-0.39, 0.29) is 84.7 Å². The largest absolute Gasteiger partial charge is 1.00 e. The first-order chi connectivity index (χ1) is 31.2. The summed E-state index contributed by atoms with van der Waals surface area (Å²) in [4.78, 5) is 40.7. The summed E-state index contributed by atoms with van der Waals surface area (Å²) in [5.74, 6) is -0.981. The van der Waals surface area contributed by atoms with E-state index >= 15 is 0 Å². The molecule has 4 atom stereocenters. The Morgan fingerprint density at radius 3 is 1.85 bits per heavy atom. The maximum Gasteiger partial charge on any atom is 0.322 e. The molecular weight excluding hydrogens is 997 g/mol. The van der Waals surface area contributed by atoms with E-state index in [9.17, 15) is 19.5 Å². The molecule has 0 amide bonds. The minimum atomic E-state index is -1.31. The molecule has 15 heteroatoms. The molecule has 0 radical (unpaired) electrons. The smallest absolute Gasteiger partial charge is 0.322 e. The first kappa shape index (κ1) is 56.7. The van der Waals surface area contributed by atoms with Crippen molar-refractivity contribution in [3.8, 4) is 5.75 Å². The summed E-state index contributed by atoms with van der Waals surface area (Å²) in [6, 6.07) is 22.8. The van der Waals surface area contributed by atoms with Crippen LogP contribution in [-0.2, 0) is 45.2 Å². The second kappa shape index (κ2) is 31.5. The number of aryl methyl sites for hydroxylation is 1. The SMILES string of the molecule is [2H]SCPC(O)(c1ccccc1)c1ccc(OCCCOC(=O)C(C)(C)CC(C)(CC(C)(Br)C(=O)OCCCCCCCCCCCC[n+]2ccccc2)C(=O)OCCOCCO)cc1.[Br-]. The van der Waals surface area contributed by atoms with E-state index in [0.717, 1.165) is 50.3 Å². The van der Waals surface area contributed by atoms with Crippen molar-refractivity contribution in [2.45, 2.75) is 127 Å². The average molecular weight is 1070 g/mol. The topological polar surface area (TPSA) is 142 Å². The molecule has 0 fully saturated rings. The molecule has 0 aliphatic carbocycles. The van der Waals surface area contributed by atoms with E-state index in [4.69, 9.17) is 29.9 Å². The Bertz CT molecular complexity index is 1800. The van der Waals surface area contributed by atoms with Gasteiger partial charge >= 0.3 is 17.9 Å². The molecule has 3 aromatic rings. The summed E-state index contributed by atoms with van der Waals surface area (Å²) >= 11 is 4.52. The third-order valence-electron chi connectivity index (χ3n) is 11.1. The van der Waals surface area contributed by atoms with Crippen LogP contribution in [0.25, 0.3) is 0 Å². The molecule has 0 aliphatic rings. The highest BCUT2D eigenvalue weighted by atomic mass is 79.9. The quantitative estimate of drug-likeness (QED) is 0.0111. The van der Waals surface area contributed by atoms with Gasteiger partial charge in [-0.05, 0) is 76.6 Å². The number of alkyl halides is 1. The van der Waals surface area contributed by atoms with Crippen LogP contribution in [0, 0.1) is 10.8 Å². The number of hydrogen-bond donors (Lipinski definition) is 3. The van der Waals surface area contributed by atoms with E-state index in [1.54, 1.807) is 39.8 Å². The molecule has 65 heavy (non-hydrogen) atoms. The number of rotatable bonds is 35. The number of benzene rings is 2. The summed E-state index contributed by atoms with van der Waals surface area (Å²) in [5, 5.41) is 19.5. The number of ether oxygens (including phenoxy) is 5. The molecule has 0 saturated heterocycles. The van der Waals surface area contributed by atoms with Crippen LogP contribution in [0.1, 0.15) is 122 Å². The predicted octanol–water partition coefficient (Wildman–Crippen LogP) is 6.71. The van der Waals surface area contributed by atoms with Crippen LogP contribution in [0.4, 0.5) is 0 Å². The van der Waals surface area contributed by atoms with Crippen molar-refractivity contribution >= 4 is 55.0 Å². The van der Waals surface area contributed by atoms with Crippen molar-refractivity contribution in [3.63, 3.8) is 0 Å². The number of pyridine rings is 1. The minimum Gasteiger partial charge on any atom is -1.00 e. The van der Waals surface area contributed by atoms with Crippen LogP contribution in [0.15, 0.2) is 85.2 Å². The fourth-order valence-electron chi connectivity index (χ4n) is 7.86. The molecule has 2 N–H and O–H groups in total. The Balaban J connectivity index is 0.0000150. The van der Waals surface area contributed by atoms with Crippen molar-refractivity contribution in [2.75, 3.05) is 51.7 Å². The van der Waals surface area contributed by atoms with Gasteiger partial charge in [0.25, 0.3) is 0 Å². The number of carbonyl (C=O) groups is 3. The fraction of sp³-hybridized carbons (Fsp3) is 0.600. The third-order valence-corrected chi connectivity index (χ3v) is 13.4. The molecule has 1 aromatic heterocycles. The number of unbranched alkanes of at least 4 members (excludes halogenated alkanes) is 9. The Kier molecular flexibility index (Phi) is 27.5. The van der Waals surface area contributed by atoms with Gasteiger partial charge in [-0.3, -0.25) is 14.4 Å². The van der Waals surface area contributed by atoms with E-state index < -0.39 is 38.4 Å². The fourth-order valence-corrected chi connectivity index (χ4v) is 10.2. The lowest BCUT2D eigenvalue weighted by Crippen LogP contribution is -3.00. The standard InChI is InChI=1S/C50H73BrNO10PS.BrH/c1-47(2,44(54)60-34-21-33-59-43-26-24-42(25-27-43)50(57,63-40-64)41-22-15-13-16-23-41)38-48(3,45(55)62-37-36-58-35-31-53)39-49(4,51)46(56)61-32-20-12-10-8-6-5-7-9-11-17-28-52-29-18-14-19-30-52;/h13-16,18-19,22-27,29-30,53,57,63H,5-12,17,20-21,28,31-40H2,1-4H3;1H/i/hD. The summed E-state index contributed by atoms with van der Waals surface area (Å²) in [5.41, 5.74) is -0.470. The van der Waals surface area contributed by atoms with Crippen LogP contribution in [0.5, 0.6) is 5.75 Å². The van der Waals surface area contributed by atoms with E-state index in [2.05, 4.69) is 45.0 Å². The van der Waals surface area contributed by atoms with Gasteiger partial charge < -0.3 is 50.9 Å². The number of aliphatic hydroxyl groups excluding tert-OH is 1. The molecule has 3 rings (SSSR count). The van der Waals surface area contributed by atoms with Gasteiger partial charge in [0.2, 0.25) is 0 Å². The molecule has 4 unspecified atom stereocenters. The number of esters is 3. The first-order valence-electron chi connectivity index (χ1n) is 23.3. The van der Waals surface area contributed by atoms with Crippen LogP contribution in [0.3, 0.4) is 0 Å². The number of aliphatic hydroxyl groups is 2. The number of halogens is 2. The molecule has 11 nitrogen and oxygen atoms in total. The lowest BCUT2D eigenvalue weighted by molar-refractivity contribution is -0.697. The van der Waals surface area contributed by atoms with Crippen molar-refractivity contribution in [3.05, 3.63) is 96.3 Å². The Morgan fingerprint density at radius 1 is 0.662 bits per heavy atom. The van der Waals surface area contributed by atoms with Crippen LogP contribution < -0.4 is 26.3 Å². The van der Waals surface area contributed by atoms with Gasteiger partial charge in [-0.15, -0.1) is 0 Å². The zero-order chi connectivity index (χ0) is 47.4. The van der Waals surface area contributed by atoms with Crippen LogP contribution in [-0.4, -0.2) is 85.3 Å². The monoisotopic (exact) mass is 1070 g/mol. The Morgan fingerprint density at radius 2 is 1.22 bits per heavy atom. The van der Waals surface area contributed by atoms with Gasteiger partial charge in [0.1, 0.15) is 29.7 Å². The lowest BCUT2D eigenvalue weighted by atomic mass is 9.69. The van der Waals surface area contributed by atoms with E-state index in [0.29, 0.717) is 23.2 Å². The van der Waals surface area contributed by atoms with Gasteiger partial charge in [-0.2, -0.15) is 12.5 Å². The average Bonchev–Trinajstić information content (AvgIpc) is 3.29. The molecule has 0 aliphatic heterocycles. The van der Waals surface area contributed by atoms with Crippen LogP contribution in [0.2, 0.25) is 0 Å². The normalized spacial score (nSPS) is 14.6. The van der Waals surface area contributed by atoms with E-state index in [1.807, 2.05) is 48.5 Å². The number of carbonyl (C=O) groups excluding carboxylic acids is 3. The van der Waals surface area contributed by atoms with Gasteiger partial charge in [-0.1, -0.05) is 118 Å². The summed E-state index contributed by atoms with van der Waals surface area (Å²) in [6.07, 6.45) is 16.0. The number of hydrogen-bond acceptors (Lipinski definition) is 11. The minimum absolute atomic E-state index is 0. The van der Waals surface area contributed by atoms with Gasteiger partial charge in [0, 0.05) is 30.5 Å². The molecule has 364 valence electrons. The maximum absolute atomic E-state index is 13.8. The molecule has 2 aromatic carbocycles. The van der Waals surface area contributed by atoms with Crippen molar-refractivity contribution < 1.29 is 69.8 Å². The highest BCUT2D eigenvalue weighted by Gasteiger charge is 2.49. The molecular formula is C50H74Br2NO10PS. The number of nitrogens with zero attached hydrogens (tertiary/aromatic N) is 1. The number of thiol groups is 1. The summed E-state index contributed by atoms with van der Waals surface area (Å²) in [6.45, 7) is 8.46. The maximum atomic E-state index is 13.8. The first-order valence-corrected chi connectivity index (χ1v) is 25.4. The zero-order valence-corrected chi connectivity index (χ0v) is 43.9.